The molecule has 4 heteroatoms. The molecule has 0 aliphatic carbocycles. The average Bonchev–Trinajstić information content (AvgIpc) is 2.29. The Morgan fingerprint density at radius 3 is 2.71 bits per heavy atom. The summed E-state index contributed by atoms with van der Waals surface area (Å²) in [6.45, 7) is 3.62. The molecule has 17 heavy (non-hydrogen) atoms. The predicted molar refractivity (Wildman–Crippen MR) is 66.5 cm³/mol. The van der Waals surface area contributed by atoms with E-state index in [1.807, 2.05) is 13.0 Å². The number of methoxy groups -OCH3 is 1. The van der Waals surface area contributed by atoms with Crippen LogP contribution in [0.1, 0.15) is 29.3 Å². The van der Waals surface area contributed by atoms with Crippen LogP contribution in [0.15, 0.2) is 12.1 Å². The molecular formula is C13H14ClNO2. The number of hydrogen-bond donors (Lipinski definition) is 0. The fourth-order valence-electron chi connectivity index (χ4n) is 1.71. The Morgan fingerprint density at radius 1 is 1.59 bits per heavy atom. The lowest BCUT2D eigenvalue weighted by molar-refractivity contribution is 0.0943. The van der Waals surface area contributed by atoms with Gasteiger partial charge in [0.1, 0.15) is 11.7 Å². The second-order valence-corrected chi connectivity index (χ2v) is 4.19. The molecule has 0 amide bonds. The van der Waals surface area contributed by atoms with Crippen molar-refractivity contribution in [2.45, 2.75) is 20.3 Å². The van der Waals surface area contributed by atoms with Crippen molar-refractivity contribution in [1.82, 2.24) is 0 Å². The molecule has 0 aromatic heterocycles. The zero-order valence-corrected chi connectivity index (χ0v) is 10.8. The molecule has 0 aliphatic rings. The number of carbonyl (C=O) groups excluding carboxylic acids is 1. The van der Waals surface area contributed by atoms with Gasteiger partial charge in [-0.3, -0.25) is 4.79 Å². The first-order valence-electron chi connectivity index (χ1n) is 5.33. The van der Waals surface area contributed by atoms with Gasteiger partial charge in [0.05, 0.1) is 18.7 Å². The molecule has 1 unspecified atom stereocenters. The number of Topliss-reactive ketones (excluding diaryl/α,β-unsaturated/α-hetero) is 1. The van der Waals surface area contributed by atoms with Gasteiger partial charge in [-0.15, -0.1) is 0 Å². The third kappa shape index (κ3) is 2.78. The van der Waals surface area contributed by atoms with E-state index in [2.05, 4.69) is 0 Å². The maximum atomic E-state index is 12.1. The number of nitrogens with zero attached hydrogens (tertiary/aromatic N) is 1. The average molecular weight is 252 g/mol. The number of hydrogen-bond acceptors (Lipinski definition) is 3. The number of ketones is 1. The summed E-state index contributed by atoms with van der Waals surface area (Å²) in [6.07, 6.45) is 0.476. The van der Waals surface area contributed by atoms with Crippen molar-refractivity contribution < 1.29 is 9.53 Å². The van der Waals surface area contributed by atoms with E-state index < -0.39 is 5.92 Å². The van der Waals surface area contributed by atoms with Crippen LogP contribution in [0.2, 0.25) is 5.02 Å². The van der Waals surface area contributed by atoms with Crippen LogP contribution in [0.4, 0.5) is 0 Å². The summed E-state index contributed by atoms with van der Waals surface area (Å²) in [4.78, 5) is 12.1. The predicted octanol–water partition coefficient (Wildman–Crippen LogP) is 3.39. The highest BCUT2D eigenvalue weighted by molar-refractivity contribution is 6.31. The van der Waals surface area contributed by atoms with Crippen LogP contribution < -0.4 is 4.74 Å². The molecule has 0 aliphatic heterocycles. The lowest BCUT2D eigenvalue weighted by Crippen LogP contribution is -2.13. The van der Waals surface area contributed by atoms with E-state index >= 15 is 0 Å². The first-order chi connectivity index (χ1) is 8.04. The number of nitriles is 1. The number of halogens is 1. The number of rotatable bonds is 4. The molecule has 1 rings (SSSR count). The van der Waals surface area contributed by atoms with Gasteiger partial charge in [0.2, 0.25) is 0 Å². The molecule has 3 nitrogen and oxygen atoms in total. The van der Waals surface area contributed by atoms with E-state index in [0.29, 0.717) is 22.8 Å². The lowest BCUT2D eigenvalue weighted by Gasteiger charge is -2.13. The summed E-state index contributed by atoms with van der Waals surface area (Å²) in [5.74, 6) is -0.396. The molecule has 90 valence electrons. The van der Waals surface area contributed by atoms with E-state index in [4.69, 9.17) is 21.6 Å². The maximum absolute atomic E-state index is 12.1. The first kappa shape index (κ1) is 13.5. The number of carbonyl (C=O) groups is 1. The minimum absolute atomic E-state index is 0.238. The summed E-state index contributed by atoms with van der Waals surface area (Å²) in [7, 11) is 1.50. The van der Waals surface area contributed by atoms with Crippen LogP contribution >= 0.6 is 11.6 Å². The van der Waals surface area contributed by atoms with E-state index in [0.717, 1.165) is 5.56 Å². The van der Waals surface area contributed by atoms with Gasteiger partial charge in [0, 0.05) is 5.02 Å². The van der Waals surface area contributed by atoms with Crippen molar-refractivity contribution >= 4 is 17.4 Å². The SMILES string of the molecule is CCC(C#N)C(=O)c1cc(Cl)cc(C)c1OC. The standard InChI is InChI=1S/C13H14ClNO2/c1-4-9(7-15)12(16)11-6-10(14)5-8(2)13(11)17-3/h5-6,9H,4H2,1-3H3. The quantitative estimate of drug-likeness (QED) is 0.771. The molecule has 0 spiro atoms. The molecule has 0 radical (unpaired) electrons. The molecule has 1 atom stereocenters. The molecule has 0 saturated heterocycles. The third-order valence-electron chi connectivity index (χ3n) is 2.59. The summed E-state index contributed by atoms with van der Waals surface area (Å²) in [5, 5.41) is 9.39. The van der Waals surface area contributed by atoms with Crippen LogP contribution in [-0.2, 0) is 0 Å². The second kappa shape index (κ2) is 5.70. The maximum Gasteiger partial charge on any atom is 0.183 e. The van der Waals surface area contributed by atoms with E-state index in [1.54, 1.807) is 19.1 Å². The molecule has 0 heterocycles. The van der Waals surface area contributed by atoms with Crippen LogP contribution in [0, 0.1) is 24.2 Å². The fraction of sp³-hybridized carbons (Fsp3) is 0.385. The van der Waals surface area contributed by atoms with Gasteiger partial charge in [-0.25, -0.2) is 0 Å². The Hall–Kier alpha value is -1.53. The molecule has 0 saturated carbocycles. The van der Waals surface area contributed by atoms with E-state index in [1.165, 1.54) is 7.11 Å². The topological polar surface area (TPSA) is 50.1 Å². The van der Waals surface area contributed by atoms with Crippen molar-refractivity contribution in [2.75, 3.05) is 7.11 Å². The molecule has 0 bridgehead atoms. The van der Waals surface area contributed by atoms with Crippen LogP contribution in [0.5, 0.6) is 5.75 Å². The van der Waals surface area contributed by atoms with Crippen molar-refractivity contribution in [1.29, 1.82) is 5.26 Å². The van der Waals surface area contributed by atoms with Crippen LogP contribution in [0.25, 0.3) is 0 Å². The summed E-state index contributed by atoms with van der Waals surface area (Å²) in [5.41, 5.74) is 1.17. The smallest absolute Gasteiger partial charge is 0.183 e. The monoisotopic (exact) mass is 251 g/mol. The minimum atomic E-state index is -0.651. The van der Waals surface area contributed by atoms with Gasteiger partial charge in [0.15, 0.2) is 5.78 Å². The van der Waals surface area contributed by atoms with Crippen molar-refractivity contribution in [3.63, 3.8) is 0 Å². The number of aryl methyl sites for hydroxylation is 1. The zero-order valence-electron chi connectivity index (χ0n) is 10.1. The third-order valence-corrected chi connectivity index (χ3v) is 2.81. The molecular weight excluding hydrogens is 238 g/mol. The van der Waals surface area contributed by atoms with Crippen molar-refractivity contribution in [3.8, 4) is 11.8 Å². The van der Waals surface area contributed by atoms with Gasteiger partial charge >= 0.3 is 0 Å². The lowest BCUT2D eigenvalue weighted by atomic mass is 9.94. The van der Waals surface area contributed by atoms with Gasteiger partial charge in [0.25, 0.3) is 0 Å². The van der Waals surface area contributed by atoms with Crippen molar-refractivity contribution in [2.24, 2.45) is 5.92 Å². The molecule has 1 aromatic rings. The van der Waals surface area contributed by atoms with E-state index in [9.17, 15) is 4.79 Å². The van der Waals surface area contributed by atoms with Gasteiger partial charge in [-0.1, -0.05) is 18.5 Å². The Balaban J connectivity index is 3.30. The Bertz CT molecular complexity index is 477. The van der Waals surface area contributed by atoms with Crippen LogP contribution in [-0.4, -0.2) is 12.9 Å². The number of benzene rings is 1. The highest BCUT2D eigenvalue weighted by Crippen LogP contribution is 2.29. The highest BCUT2D eigenvalue weighted by atomic mass is 35.5. The van der Waals surface area contributed by atoms with Gasteiger partial charge < -0.3 is 4.74 Å². The molecule has 0 fully saturated rings. The zero-order chi connectivity index (χ0) is 13.0. The number of ether oxygens (including phenoxy) is 1. The first-order valence-corrected chi connectivity index (χ1v) is 5.70. The van der Waals surface area contributed by atoms with Crippen molar-refractivity contribution in [3.05, 3.63) is 28.3 Å². The fourth-order valence-corrected chi connectivity index (χ4v) is 1.98. The summed E-state index contributed by atoms with van der Waals surface area (Å²) >= 11 is 5.92. The second-order valence-electron chi connectivity index (χ2n) is 3.76. The molecule has 0 N–H and O–H groups in total. The normalized spacial score (nSPS) is 11.7. The Morgan fingerprint density at radius 2 is 2.24 bits per heavy atom. The van der Waals surface area contributed by atoms with Crippen LogP contribution in [0.3, 0.4) is 0 Å². The Kier molecular flexibility index (Phi) is 4.53. The summed E-state index contributed by atoms with van der Waals surface area (Å²) < 4.78 is 5.20. The van der Waals surface area contributed by atoms with Gasteiger partial charge in [-0.05, 0) is 31.0 Å². The Labute approximate surface area is 106 Å². The van der Waals surface area contributed by atoms with Gasteiger partial charge in [-0.2, -0.15) is 5.26 Å². The molecule has 1 aromatic carbocycles. The summed E-state index contributed by atoms with van der Waals surface area (Å²) in [6, 6.07) is 5.27. The highest BCUT2D eigenvalue weighted by Gasteiger charge is 2.22. The minimum Gasteiger partial charge on any atom is -0.496 e. The van der Waals surface area contributed by atoms with E-state index in [-0.39, 0.29) is 5.78 Å². The largest absolute Gasteiger partial charge is 0.496 e.